The van der Waals surface area contributed by atoms with E-state index in [4.69, 9.17) is 17.3 Å². The van der Waals surface area contributed by atoms with Gasteiger partial charge in [0.15, 0.2) is 0 Å². The molecule has 13 heavy (non-hydrogen) atoms. The normalized spacial score (nSPS) is 15.5. The van der Waals surface area contributed by atoms with Crippen molar-refractivity contribution in [2.24, 2.45) is 5.73 Å². The number of aryl methyl sites for hydroxylation is 1. The van der Waals surface area contributed by atoms with Gasteiger partial charge in [-0.05, 0) is 25.0 Å². The van der Waals surface area contributed by atoms with E-state index in [0.29, 0.717) is 5.02 Å². The fourth-order valence-corrected chi connectivity index (χ4v) is 1.44. The Kier molecular flexibility index (Phi) is 3.31. The summed E-state index contributed by atoms with van der Waals surface area (Å²) in [6.07, 6.45) is -0.584. The zero-order chi connectivity index (χ0) is 10.0. The van der Waals surface area contributed by atoms with Gasteiger partial charge in [0, 0.05) is 5.02 Å². The minimum Gasteiger partial charge on any atom is -0.391 e. The Morgan fingerprint density at radius 3 is 2.62 bits per heavy atom. The number of rotatable bonds is 2. The molecule has 0 aliphatic heterocycles. The van der Waals surface area contributed by atoms with E-state index < -0.39 is 12.1 Å². The Morgan fingerprint density at radius 1 is 1.46 bits per heavy atom. The number of hydrogen-bond acceptors (Lipinski definition) is 2. The second-order valence-electron chi connectivity index (χ2n) is 3.24. The molecule has 2 atom stereocenters. The van der Waals surface area contributed by atoms with Gasteiger partial charge in [0.1, 0.15) is 0 Å². The van der Waals surface area contributed by atoms with Gasteiger partial charge in [0.25, 0.3) is 0 Å². The summed E-state index contributed by atoms with van der Waals surface area (Å²) in [4.78, 5) is 0. The molecule has 0 spiro atoms. The summed E-state index contributed by atoms with van der Waals surface area (Å²) < 4.78 is 0. The van der Waals surface area contributed by atoms with Crippen LogP contribution in [0.25, 0.3) is 0 Å². The first-order valence-corrected chi connectivity index (χ1v) is 4.60. The van der Waals surface area contributed by atoms with Gasteiger partial charge in [-0.2, -0.15) is 0 Å². The molecule has 0 radical (unpaired) electrons. The van der Waals surface area contributed by atoms with Crippen molar-refractivity contribution in [2.45, 2.75) is 26.0 Å². The fourth-order valence-electron chi connectivity index (χ4n) is 1.19. The fraction of sp³-hybridized carbons (Fsp3) is 0.400. The summed E-state index contributed by atoms with van der Waals surface area (Å²) in [5.41, 5.74) is 7.56. The second-order valence-corrected chi connectivity index (χ2v) is 3.62. The predicted molar refractivity (Wildman–Crippen MR) is 54.8 cm³/mol. The van der Waals surface area contributed by atoms with Crippen LogP contribution in [0, 0.1) is 6.92 Å². The van der Waals surface area contributed by atoms with Crippen molar-refractivity contribution in [3.8, 4) is 0 Å². The average Bonchev–Trinajstić information content (AvgIpc) is 2.08. The zero-order valence-corrected chi connectivity index (χ0v) is 8.55. The number of nitrogens with two attached hydrogens (primary N) is 1. The summed E-state index contributed by atoms with van der Waals surface area (Å²) in [5.74, 6) is 0. The van der Waals surface area contributed by atoms with Crippen LogP contribution in [0.2, 0.25) is 5.02 Å². The van der Waals surface area contributed by atoms with Crippen LogP contribution in [0.15, 0.2) is 18.2 Å². The van der Waals surface area contributed by atoms with E-state index in [2.05, 4.69) is 0 Å². The van der Waals surface area contributed by atoms with Crippen molar-refractivity contribution in [2.75, 3.05) is 0 Å². The first-order chi connectivity index (χ1) is 6.04. The van der Waals surface area contributed by atoms with E-state index in [1.54, 1.807) is 6.92 Å². The van der Waals surface area contributed by atoms with Crippen LogP contribution in [0.5, 0.6) is 0 Å². The molecule has 0 amide bonds. The molecule has 0 aliphatic rings. The van der Waals surface area contributed by atoms with Gasteiger partial charge in [0.05, 0.1) is 12.1 Å². The molecule has 0 saturated heterocycles. The van der Waals surface area contributed by atoms with Crippen molar-refractivity contribution >= 4 is 11.6 Å². The number of aliphatic hydroxyl groups excluding tert-OH is 1. The summed E-state index contributed by atoms with van der Waals surface area (Å²) in [5, 5.41) is 9.95. The summed E-state index contributed by atoms with van der Waals surface area (Å²) in [6.45, 7) is 3.57. The average molecular weight is 200 g/mol. The molecule has 0 aromatic heterocycles. The quantitative estimate of drug-likeness (QED) is 0.766. The minimum absolute atomic E-state index is 0.410. The van der Waals surface area contributed by atoms with Crippen LogP contribution in [-0.2, 0) is 0 Å². The lowest BCUT2D eigenvalue weighted by molar-refractivity contribution is 0.164. The van der Waals surface area contributed by atoms with Gasteiger partial charge in [-0.1, -0.05) is 29.8 Å². The predicted octanol–water partition coefficient (Wildman–Crippen LogP) is 2.03. The van der Waals surface area contributed by atoms with Gasteiger partial charge < -0.3 is 10.8 Å². The van der Waals surface area contributed by atoms with Crippen LogP contribution in [0.3, 0.4) is 0 Å². The summed E-state index contributed by atoms with van der Waals surface area (Å²) in [7, 11) is 0. The Bertz CT molecular complexity index is 299. The summed E-state index contributed by atoms with van der Waals surface area (Å²) >= 11 is 6.04. The van der Waals surface area contributed by atoms with Crippen LogP contribution in [-0.4, -0.2) is 11.2 Å². The van der Waals surface area contributed by atoms with Crippen molar-refractivity contribution in [3.05, 3.63) is 34.3 Å². The first-order valence-electron chi connectivity index (χ1n) is 4.22. The van der Waals surface area contributed by atoms with E-state index >= 15 is 0 Å². The highest BCUT2D eigenvalue weighted by atomic mass is 35.5. The van der Waals surface area contributed by atoms with Crippen molar-refractivity contribution in [3.63, 3.8) is 0 Å². The third kappa shape index (κ3) is 2.21. The summed E-state index contributed by atoms with van der Waals surface area (Å²) in [6, 6.07) is 5.24. The Morgan fingerprint density at radius 2 is 2.08 bits per heavy atom. The molecule has 0 aliphatic carbocycles. The second kappa shape index (κ2) is 4.09. The number of hydrogen-bond donors (Lipinski definition) is 2. The van der Waals surface area contributed by atoms with E-state index in [1.165, 1.54) is 0 Å². The minimum atomic E-state index is -0.584. The van der Waals surface area contributed by atoms with Crippen LogP contribution >= 0.6 is 11.6 Å². The van der Waals surface area contributed by atoms with Crippen molar-refractivity contribution in [1.82, 2.24) is 0 Å². The maximum absolute atomic E-state index is 9.31. The molecule has 0 heterocycles. The van der Waals surface area contributed by atoms with E-state index in [0.717, 1.165) is 11.1 Å². The standard InChI is InChI=1S/C10H14ClNO/c1-6-4-3-5-8(9(6)11)10(12)7(2)13/h3-5,7,10,13H,12H2,1-2H3/t7-,10+/m1/s1. The molecule has 0 saturated carbocycles. The molecular formula is C10H14ClNO. The van der Waals surface area contributed by atoms with Crippen LogP contribution in [0.1, 0.15) is 24.1 Å². The lowest BCUT2D eigenvalue weighted by Gasteiger charge is -2.17. The van der Waals surface area contributed by atoms with Gasteiger partial charge in [-0.25, -0.2) is 0 Å². The SMILES string of the molecule is Cc1cccc([C@@H](N)[C@@H](C)O)c1Cl. The van der Waals surface area contributed by atoms with Crippen LogP contribution < -0.4 is 5.73 Å². The monoisotopic (exact) mass is 199 g/mol. The van der Waals surface area contributed by atoms with Gasteiger partial charge in [0.2, 0.25) is 0 Å². The highest BCUT2D eigenvalue weighted by molar-refractivity contribution is 6.32. The van der Waals surface area contributed by atoms with E-state index in [1.807, 2.05) is 25.1 Å². The largest absolute Gasteiger partial charge is 0.391 e. The molecule has 1 aromatic rings. The Balaban J connectivity index is 3.07. The molecule has 1 rings (SSSR count). The highest BCUT2D eigenvalue weighted by Crippen LogP contribution is 2.26. The molecule has 0 fully saturated rings. The molecule has 0 unspecified atom stereocenters. The zero-order valence-electron chi connectivity index (χ0n) is 7.79. The lowest BCUT2D eigenvalue weighted by atomic mass is 10.0. The highest BCUT2D eigenvalue weighted by Gasteiger charge is 2.15. The van der Waals surface area contributed by atoms with Crippen molar-refractivity contribution < 1.29 is 5.11 Å². The van der Waals surface area contributed by atoms with Gasteiger partial charge in [-0.3, -0.25) is 0 Å². The molecule has 3 N–H and O–H groups in total. The molecular weight excluding hydrogens is 186 g/mol. The first kappa shape index (κ1) is 10.5. The van der Waals surface area contributed by atoms with Crippen molar-refractivity contribution in [1.29, 1.82) is 0 Å². The topological polar surface area (TPSA) is 46.2 Å². The molecule has 3 heteroatoms. The Labute approximate surface area is 83.3 Å². The van der Waals surface area contributed by atoms with E-state index in [9.17, 15) is 5.11 Å². The third-order valence-corrected chi connectivity index (χ3v) is 2.62. The smallest absolute Gasteiger partial charge is 0.0705 e. The molecule has 72 valence electrons. The molecule has 2 nitrogen and oxygen atoms in total. The molecule has 1 aromatic carbocycles. The van der Waals surface area contributed by atoms with Crippen LogP contribution in [0.4, 0.5) is 0 Å². The maximum atomic E-state index is 9.31. The van der Waals surface area contributed by atoms with E-state index in [-0.39, 0.29) is 0 Å². The number of benzene rings is 1. The Hall–Kier alpha value is -0.570. The number of halogens is 1. The van der Waals surface area contributed by atoms with Gasteiger partial charge >= 0.3 is 0 Å². The third-order valence-electron chi connectivity index (χ3n) is 2.10. The maximum Gasteiger partial charge on any atom is 0.0705 e. The lowest BCUT2D eigenvalue weighted by Crippen LogP contribution is -2.23. The molecule has 0 bridgehead atoms. The van der Waals surface area contributed by atoms with Gasteiger partial charge in [-0.15, -0.1) is 0 Å². The number of aliphatic hydroxyl groups is 1.